The lowest BCUT2D eigenvalue weighted by molar-refractivity contribution is -0.141. The molecule has 1 saturated carbocycles. The van der Waals surface area contributed by atoms with E-state index in [2.05, 4.69) is 9.47 Å². The van der Waals surface area contributed by atoms with E-state index in [-0.39, 0.29) is 12.5 Å². The van der Waals surface area contributed by atoms with Gasteiger partial charge in [0.2, 0.25) is 0 Å². The summed E-state index contributed by atoms with van der Waals surface area (Å²) in [6.45, 7) is 1.75. The normalized spacial score (nSPS) is 20.1. The molecule has 0 spiro atoms. The van der Waals surface area contributed by atoms with Crippen molar-refractivity contribution in [3.8, 4) is 5.75 Å². The zero-order chi connectivity index (χ0) is 14.7. The van der Waals surface area contributed by atoms with Crippen molar-refractivity contribution in [2.75, 3.05) is 13.7 Å². The van der Waals surface area contributed by atoms with Crippen LogP contribution in [0.4, 0.5) is 9.18 Å². The molecular formula is C14H15FO5. The van der Waals surface area contributed by atoms with Gasteiger partial charge in [0.15, 0.2) is 0 Å². The molecular weight excluding hydrogens is 267 g/mol. The number of rotatable bonds is 4. The fourth-order valence-corrected chi connectivity index (χ4v) is 2.10. The van der Waals surface area contributed by atoms with E-state index in [1.165, 1.54) is 25.3 Å². The molecule has 108 valence electrons. The Morgan fingerprint density at radius 3 is 2.80 bits per heavy atom. The first-order chi connectivity index (χ1) is 9.56. The number of hydrogen-bond donors (Lipinski definition) is 0. The Bertz CT molecular complexity index is 528. The SMILES string of the molecule is CCOC(=O)OC(=O)[C@@H]1C[C@@H]1c1cc(F)ccc1OC. The van der Waals surface area contributed by atoms with Gasteiger partial charge in [-0.3, -0.25) is 4.79 Å². The highest BCUT2D eigenvalue weighted by Crippen LogP contribution is 2.51. The molecule has 1 aromatic carbocycles. The van der Waals surface area contributed by atoms with Gasteiger partial charge in [-0.25, -0.2) is 9.18 Å². The second-order valence-electron chi connectivity index (χ2n) is 4.44. The van der Waals surface area contributed by atoms with Crippen molar-refractivity contribution in [2.24, 2.45) is 5.92 Å². The van der Waals surface area contributed by atoms with Crippen LogP contribution in [0.2, 0.25) is 0 Å². The Labute approximate surface area is 115 Å². The zero-order valence-corrected chi connectivity index (χ0v) is 11.2. The number of hydrogen-bond acceptors (Lipinski definition) is 5. The minimum atomic E-state index is -1.01. The maximum absolute atomic E-state index is 13.3. The number of methoxy groups -OCH3 is 1. The number of benzene rings is 1. The summed E-state index contributed by atoms with van der Waals surface area (Å²) in [6.07, 6.45) is -0.507. The van der Waals surface area contributed by atoms with Crippen molar-refractivity contribution in [1.82, 2.24) is 0 Å². The lowest BCUT2D eigenvalue weighted by Gasteiger charge is -2.08. The molecule has 20 heavy (non-hydrogen) atoms. The summed E-state index contributed by atoms with van der Waals surface area (Å²) in [5.74, 6) is -1.19. The van der Waals surface area contributed by atoms with Crippen molar-refractivity contribution >= 4 is 12.1 Å². The Hall–Kier alpha value is -2.11. The molecule has 1 aliphatic rings. The lowest BCUT2D eigenvalue weighted by Crippen LogP contribution is -2.15. The van der Waals surface area contributed by atoms with E-state index in [1.54, 1.807) is 6.92 Å². The van der Waals surface area contributed by atoms with Crippen LogP contribution in [-0.4, -0.2) is 25.8 Å². The largest absolute Gasteiger partial charge is 0.516 e. The molecule has 2 atom stereocenters. The molecule has 6 heteroatoms. The van der Waals surface area contributed by atoms with E-state index in [4.69, 9.17) is 4.74 Å². The van der Waals surface area contributed by atoms with E-state index in [0.717, 1.165) is 0 Å². The van der Waals surface area contributed by atoms with Crippen LogP contribution in [0, 0.1) is 11.7 Å². The second kappa shape index (κ2) is 5.90. The molecule has 1 aliphatic carbocycles. The van der Waals surface area contributed by atoms with Gasteiger partial charge in [-0.1, -0.05) is 0 Å². The summed E-state index contributed by atoms with van der Waals surface area (Å²) in [5, 5.41) is 0. The van der Waals surface area contributed by atoms with Gasteiger partial charge < -0.3 is 14.2 Å². The zero-order valence-electron chi connectivity index (χ0n) is 11.2. The second-order valence-corrected chi connectivity index (χ2v) is 4.44. The summed E-state index contributed by atoms with van der Waals surface area (Å²) >= 11 is 0. The van der Waals surface area contributed by atoms with Gasteiger partial charge in [0.1, 0.15) is 11.6 Å². The minimum Gasteiger partial charge on any atom is -0.496 e. The number of carbonyl (C=O) groups excluding carboxylic acids is 2. The van der Waals surface area contributed by atoms with Gasteiger partial charge in [-0.15, -0.1) is 0 Å². The first kappa shape index (κ1) is 14.3. The van der Waals surface area contributed by atoms with E-state index < -0.39 is 23.9 Å². The topological polar surface area (TPSA) is 61.8 Å². The molecule has 1 fully saturated rings. The summed E-state index contributed by atoms with van der Waals surface area (Å²) in [6, 6.07) is 4.13. The Balaban J connectivity index is 2.02. The summed E-state index contributed by atoms with van der Waals surface area (Å²) in [7, 11) is 1.48. The van der Waals surface area contributed by atoms with Gasteiger partial charge in [-0.2, -0.15) is 0 Å². The molecule has 0 N–H and O–H groups in total. The van der Waals surface area contributed by atoms with Crippen LogP contribution in [0.5, 0.6) is 5.75 Å². The quantitative estimate of drug-likeness (QED) is 0.627. The molecule has 0 heterocycles. The average Bonchev–Trinajstić information content (AvgIpc) is 3.19. The van der Waals surface area contributed by atoms with Crippen LogP contribution in [0.15, 0.2) is 18.2 Å². The van der Waals surface area contributed by atoms with Gasteiger partial charge in [0, 0.05) is 11.5 Å². The Kier molecular flexibility index (Phi) is 4.22. The minimum absolute atomic E-state index is 0.137. The van der Waals surface area contributed by atoms with Crippen LogP contribution in [-0.2, 0) is 14.3 Å². The van der Waals surface area contributed by atoms with Crippen LogP contribution >= 0.6 is 0 Å². The van der Waals surface area contributed by atoms with Crippen LogP contribution < -0.4 is 4.74 Å². The van der Waals surface area contributed by atoms with Gasteiger partial charge in [-0.05, 0) is 31.5 Å². The molecule has 0 amide bonds. The predicted molar refractivity (Wildman–Crippen MR) is 66.9 cm³/mol. The Morgan fingerprint density at radius 1 is 1.40 bits per heavy atom. The fourth-order valence-electron chi connectivity index (χ4n) is 2.10. The standard InChI is InChI=1S/C14H15FO5/c1-3-19-14(17)20-13(16)11-7-9(11)10-6-8(15)4-5-12(10)18-2/h4-6,9,11H,3,7H2,1-2H3/t9-,11-/m1/s1. The summed E-state index contributed by atoms with van der Waals surface area (Å²) in [5.41, 5.74) is 0.610. The van der Waals surface area contributed by atoms with Crippen LogP contribution in [0.25, 0.3) is 0 Å². The smallest absolute Gasteiger partial charge is 0.496 e. The molecule has 0 saturated heterocycles. The molecule has 0 bridgehead atoms. The van der Waals surface area contributed by atoms with Crippen molar-refractivity contribution < 1.29 is 28.2 Å². The monoisotopic (exact) mass is 282 g/mol. The average molecular weight is 282 g/mol. The fraction of sp³-hybridized carbons (Fsp3) is 0.429. The first-order valence-electron chi connectivity index (χ1n) is 6.28. The molecule has 2 rings (SSSR count). The third-order valence-electron chi connectivity index (χ3n) is 3.13. The Morgan fingerprint density at radius 2 is 2.15 bits per heavy atom. The van der Waals surface area contributed by atoms with E-state index >= 15 is 0 Å². The van der Waals surface area contributed by atoms with Crippen LogP contribution in [0.1, 0.15) is 24.8 Å². The summed E-state index contributed by atoms with van der Waals surface area (Å²) in [4.78, 5) is 22.8. The van der Waals surface area contributed by atoms with Crippen LogP contribution in [0.3, 0.4) is 0 Å². The third-order valence-corrected chi connectivity index (χ3v) is 3.13. The number of halogens is 1. The van der Waals surface area contributed by atoms with E-state index in [0.29, 0.717) is 17.7 Å². The molecule has 0 unspecified atom stereocenters. The number of carbonyl (C=O) groups is 2. The maximum atomic E-state index is 13.3. The van der Waals surface area contributed by atoms with Crippen molar-refractivity contribution in [2.45, 2.75) is 19.3 Å². The first-order valence-corrected chi connectivity index (χ1v) is 6.28. The van der Waals surface area contributed by atoms with Gasteiger partial charge >= 0.3 is 12.1 Å². The van der Waals surface area contributed by atoms with Crippen molar-refractivity contribution in [1.29, 1.82) is 0 Å². The molecule has 5 nitrogen and oxygen atoms in total. The maximum Gasteiger partial charge on any atom is 0.516 e. The summed E-state index contributed by atoms with van der Waals surface area (Å²) < 4.78 is 27.5. The highest BCUT2D eigenvalue weighted by molar-refractivity contribution is 5.86. The molecule has 0 radical (unpaired) electrons. The third kappa shape index (κ3) is 3.07. The predicted octanol–water partition coefficient (Wildman–Crippen LogP) is 2.64. The highest BCUT2D eigenvalue weighted by atomic mass is 19.1. The van der Waals surface area contributed by atoms with Crippen molar-refractivity contribution in [3.63, 3.8) is 0 Å². The molecule has 0 aromatic heterocycles. The van der Waals surface area contributed by atoms with Crippen molar-refractivity contribution in [3.05, 3.63) is 29.6 Å². The highest BCUT2D eigenvalue weighted by Gasteiger charge is 2.47. The molecule has 1 aromatic rings. The lowest BCUT2D eigenvalue weighted by atomic mass is 10.1. The van der Waals surface area contributed by atoms with E-state index in [9.17, 15) is 14.0 Å². The number of ether oxygens (including phenoxy) is 3. The molecule has 0 aliphatic heterocycles. The number of esters is 1. The van der Waals surface area contributed by atoms with Gasteiger partial charge in [0.25, 0.3) is 0 Å². The van der Waals surface area contributed by atoms with Gasteiger partial charge in [0.05, 0.1) is 19.6 Å². The van der Waals surface area contributed by atoms with E-state index in [1.807, 2.05) is 0 Å².